The van der Waals surface area contributed by atoms with Crippen LogP contribution in [0.3, 0.4) is 0 Å². The second kappa shape index (κ2) is 8.86. The zero-order valence-corrected chi connectivity index (χ0v) is 19.7. The van der Waals surface area contributed by atoms with E-state index in [0.717, 1.165) is 21.4 Å². The van der Waals surface area contributed by atoms with Gasteiger partial charge >= 0.3 is 0 Å². The smallest absolute Gasteiger partial charge is 0.293 e. The molecule has 4 aromatic rings. The quantitative estimate of drug-likeness (QED) is 0.379. The highest BCUT2D eigenvalue weighted by molar-refractivity contribution is 9.10. The molecule has 3 aromatic heterocycles. The highest BCUT2D eigenvalue weighted by Crippen LogP contribution is 2.25. The SMILES string of the molecule is Cc1nn(Cc2ccc(C(=O)Nc3ncn(Cc4c(Cl)cccc4Cl)n3)o2)c(C)c1Br. The Labute approximate surface area is 196 Å². The summed E-state index contributed by atoms with van der Waals surface area (Å²) < 4.78 is 9.98. The number of carbonyl (C=O) groups excluding carboxylic acids is 1. The van der Waals surface area contributed by atoms with Gasteiger partial charge in [-0.3, -0.25) is 14.8 Å². The minimum Gasteiger partial charge on any atom is -0.454 e. The first-order chi connectivity index (χ1) is 14.8. The molecule has 0 atom stereocenters. The summed E-state index contributed by atoms with van der Waals surface area (Å²) >= 11 is 15.9. The van der Waals surface area contributed by atoms with Crippen molar-refractivity contribution in [1.29, 1.82) is 0 Å². The fourth-order valence-electron chi connectivity index (χ4n) is 3.00. The van der Waals surface area contributed by atoms with Crippen LogP contribution in [-0.4, -0.2) is 30.5 Å². The summed E-state index contributed by atoms with van der Waals surface area (Å²) in [4.78, 5) is 16.6. The van der Waals surface area contributed by atoms with Crippen molar-refractivity contribution < 1.29 is 9.21 Å². The number of hydrogen-bond acceptors (Lipinski definition) is 5. The van der Waals surface area contributed by atoms with Gasteiger partial charge in [-0.15, -0.1) is 5.10 Å². The average Bonchev–Trinajstić information content (AvgIpc) is 3.43. The Morgan fingerprint density at radius 3 is 2.55 bits per heavy atom. The minimum atomic E-state index is -0.450. The van der Waals surface area contributed by atoms with Gasteiger partial charge in [0.05, 0.1) is 29.0 Å². The normalized spacial score (nSPS) is 11.1. The molecule has 3 heterocycles. The summed E-state index contributed by atoms with van der Waals surface area (Å²) in [6, 6.07) is 8.62. The molecule has 4 rings (SSSR count). The van der Waals surface area contributed by atoms with Crippen LogP contribution in [0.1, 0.15) is 33.3 Å². The highest BCUT2D eigenvalue weighted by Gasteiger charge is 2.16. The molecule has 1 amide bonds. The monoisotopic (exact) mass is 522 g/mol. The van der Waals surface area contributed by atoms with Gasteiger partial charge in [-0.05, 0) is 54.0 Å². The molecule has 0 aliphatic rings. The number of nitrogens with zero attached hydrogens (tertiary/aromatic N) is 5. The first kappa shape index (κ1) is 21.6. The molecule has 8 nitrogen and oxygen atoms in total. The van der Waals surface area contributed by atoms with Crippen LogP contribution >= 0.6 is 39.1 Å². The number of aryl methyl sites for hydroxylation is 1. The number of halogens is 3. The van der Waals surface area contributed by atoms with Gasteiger partial charge in [0, 0.05) is 15.6 Å². The molecule has 0 aliphatic heterocycles. The van der Waals surface area contributed by atoms with Gasteiger partial charge in [0.2, 0.25) is 5.95 Å². The Kier molecular flexibility index (Phi) is 6.17. The predicted molar refractivity (Wildman–Crippen MR) is 121 cm³/mol. The molecule has 0 aliphatic carbocycles. The van der Waals surface area contributed by atoms with Gasteiger partial charge in [0.15, 0.2) is 5.76 Å². The van der Waals surface area contributed by atoms with E-state index in [1.807, 2.05) is 18.5 Å². The largest absolute Gasteiger partial charge is 0.454 e. The maximum Gasteiger partial charge on any atom is 0.293 e. The van der Waals surface area contributed by atoms with Crippen LogP contribution in [0, 0.1) is 13.8 Å². The first-order valence-corrected chi connectivity index (χ1v) is 10.8. The van der Waals surface area contributed by atoms with E-state index in [4.69, 9.17) is 27.6 Å². The third kappa shape index (κ3) is 4.68. The summed E-state index contributed by atoms with van der Waals surface area (Å²) in [6.45, 7) is 4.61. The van der Waals surface area contributed by atoms with Crippen LogP contribution in [0.4, 0.5) is 5.95 Å². The summed E-state index contributed by atoms with van der Waals surface area (Å²) in [7, 11) is 0. The van der Waals surface area contributed by atoms with Crippen LogP contribution in [0.5, 0.6) is 0 Å². The summed E-state index contributed by atoms with van der Waals surface area (Å²) in [5.74, 6) is 0.458. The van der Waals surface area contributed by atoms with E-state index in [0.29, 0.717) is 28.9 Å². The molecule has 0 unspecified atom stereocenters. The Hall–Kier alpha value is -2.62. The molecule has 160 valence electrons. The molecular formula is C20H17BrCl2N6O2. The van der Waals surface area contributed by atoms with Crippen LogP contribution in [0.2, 0.25) is 10.0 Å². The van der Waals surface area contributed by atoms with Crippen LogP contribution in [-0.2, 0) is 13.1 Å². The van der Waals surface area contributed by atoms with Crippen LogP contribution < -0.4 is 5.32 Å². The molecule has 1 N–H and O–H groups in total. The number of carbonyl (C=O) groups is 1. The number of aromatic nitrogens is 5. The Balaban J connectivity index is 1.42. The molecule has 0 saturated heterocycles. The lowest BCUT2D eigenvalue weighted by atomic mass is 10.2. The molecule has 0 radical (unpaired) electrons. The minimum absolute atomic E-state index is 0.147. The van der Waals surface area contributed by atoms with Crippen LogP contribution in [0.25, 0.3) is 0 Å². The van der Waals surface area contributed by atoms with E-state index < -0.39 is 5.91 Å². The molecule has 1 aromatic carbocycles. The van der Waals surface area contributed by atoms with Crippen LogP contribution in [0.15, 0.2) is 45.5 Å². The fraction of sp³-hybridized carbons (Fsp3) is 0.200. The van der Waals surface area contributed by atoms with Gasteiger partial charge < -0.3 is 4.42 Å². The van der Waals surface area contributed by atoms with Gasteiger partial charge in [-0.2, -0.15) is 5.10 Å². The first-order valence-electron chi connectivity index (χ1n) is 9.23. The second-order valence-electron chi connectivity index (χ2n) is 6.83. The third-order valence-corrected chi connectivity index (χ3v) is 6.48. The van der Waals surface area contributed by atoms with E-state index in [1.165, 1.54) is 11.0 Å². The van der Waals surface area contributed by atoms with E-state index in [9.17, 15) is 4.79 Å². The number of nitrogens with one attached hydrogen (secondary N) is 1. The standard InChI is InChI=1S/C20H17BrCl2N6O2/c1-11-18(21)12(2)29(26-11)8-13-6-7-17(31-13)19(30)25-20-24-10-28(27-20)9-14-15(22)4-3-5-16(14)23/h3-7,10H,8-9H2,1-2H3,(H,25,27,30). The Morgan fingerprint density at radius 2 is 1.87 bits per heavy atom. The van der Waals surface area contributed by atoms with Gasteiger partial charge in [-0.25, -0.2) is 9.67 Å². The number of rotatable bonds is 6. The van der Waals surface area contributed by atoms with Gasteiger partial charge in [-0.1, -0.05) is 29.3 Å². The van der Waals surface area contributed by atoms with E-state index in [1.54, 1.807) is 30.3 Å². The molecule has 0 bridgehead atoms. The van der Waals surface area contributed by atoms with Crippen molar-refractivity contribution in [3.05, 3.63) is 79.6 Å². The zero-order chi connectivity index (χ0) is 22.1. The van der Waals surface area contributed by atoms with Gasteiger partial charge in [0.1, 0.15) is 12.1 Å². The second-order valence-corrected chi connectivity index (χ2v) is 8.44. The Bertz CT molecular complexity index is 1240. The lowest BCUT2D eigenvalue weighted by molar-refractivity contribution is 0.0993. The maximum atomic E-state index is 12.5. The number of amides is 1. The van der Waals surface area contributed by atoms with Crippen molar-refractivity contribution in [3.63, 3.8) is 0 Å². The maximum absolute atomic E-state index is 12.5. The summed E-state index contributed by atoms with van der Waals surface area (Å²) in [5, 5.41) is 12.4. The number of anilines is 1. The zero-order valence-electron chi connectivity index (χ0n) is 16.6. The number of benzene rings is 1. The van der Waals surface area contributed by atoms with Crippen molar-refractivity contribution in [2.45, 2.75) is 26.9 Å². The van der Waals surface area contributed by atoms with E-state index in [-0.39, 0.29) is 11.7 Å². The third-order valence-electron chi connectivity index (χ3n) is 4.63. The number of hydrogen-bond donors (Lipinski definition) is 1. The Morgan fingerprint density at radius 1 is 1.13 bits per heavy atom. The highest BCUT2D eigenvalue weighted by atomic mass is 79.9. The molecule has 0 spiro atoms. The fourth-order valence-corrected chi connectivity index (χ4v) is 3.80. The van der Waals surface area contributed by atoms with Crippen molar-refractivity contribution in [1.82, 2.24) is 24.5 Å². The predicted octanol–water partition coefficient (Wildman–Crippen LogP) is 5.10. The average molecular weight is 524 g/mol. The lowest BCUT2D eigenvalue weighted by Crippen LogP contribution is -2.13. The van der Waals surface area contributed by atoms with Crippen molar-refractivity contribution in [2.24, 2.45) is 0 Å². The van der Waals surface area contributed by atoms with Gasteiger partial charge in [0.25, 0.3) is 5.91 Å². The molecule has 11 heteroatoms. The molecular weight excluding hydrogens is 507 g/mol. The summed E-state index contributed by atoms with van der Waals surface area (Å²) in [5.41, 5.74) is 2.59. The van der Waals surface area contributed by atoms with Crippen molar-refractivity contribution in [3.8, 4) is 0 Å². The summed E-state index contributed by atoms with van der Waals surface area (Å²) in [6.07, 6.45) is 1.49. The molecule has 31 heavy (non-hydrogen) atoms. The van der Waals surface area contributed by atoms with E-state index >= 15 is 0 Å². The molecule has 0 saturated carbocycles. The van der Waals surface area contributed by atoms with Crippen molar-refractivity contribution in [2.75, 3.05) is 5.32 Å². The number of furan rings is 1. The van der Waals surface area contributed by atoms with Crippen molar-refractivity contribution >= 4 is 51.0 Å². The topological polar surface area (TPSA) is 90.8 Å². The van der Waals surface area contributed by atoms with E-state index in [2.05, 4.69) is 36.4 Å². The lowest BCUT2D eigenvalue weighted by Gasteiger charge is -2.06. The molecule has 0 fully saturated rings.